The number of ether oxygens (including phenoxy) is 1. The average molecular weight is 325 g/mol. The summed E-state index contributed by atoms with van der Waals surface area (Å²) in [7, 11) is 1.60. The Morgan fingerprint density at radius 2 is 2.08 bits per heavy atom. The van der Waals surface area contributed by atoms with Crippen molar-refractivity contribution in [3.8, 4) is 5.75 Å². The maximum absolute atomic E-state index is 12.5. The Morgan fingerprint density at radius 1 is 1.25 bits per heavy atom. The normalized spacial score (nSPS) is 18.1. The van der Waals surface area contributed by atoms with Gasteiger partial charge in [-0.25, -0.2) is 0 Å². The maximum atomic E-state index is 12.5. The second-order valence-corrected chi connectivity index (χ2v) is 5.99. The van der Waals surface area contributed by atoms with Gasteiger partial charge < -0.3 is 10.1 Å². The molecule has 0 saturated carbocycles. The summed E-state index contributed by atoms with van der Waals surface area (Å²) in [5, 5.41) is 2.95. The van der Waals surface area contributed by atoms with Gasteiger partial charge in [0.15, 0.2) is 0 Å². The summed E-state index contributed by atoms with van der Waals surface area (Å²) in [6.45, 7) is 1.28. The van der Waals surface area contributed by atoms with Crippen molar-refractivity contribution in [3.63, 3.8) is 0 Å². The van der Waals surface area contributed by atoms with Crippen LogP contribution >= 0.6 is 0 Å². The Balaban J connectivity index is 1.68. The van der Waals surface area contributed by atoms with Gasteiger partial charge in [-0.1, -0.05) is 24.6 Å². The number of piperidine rings is 1. The van der Waals surface area contributed by atoms with Gasteiger partial charge in [0.1, 0.15) is 5.75 Å². The van der Waals surface area contributed by atoms with Crippen LogP contribution in [0, 0.1) is 0 Å². The van der Waals surface area contributed by atoms with Crippen molar-refractivity contribution < 1.29 is 9.53 Å². The number of amides is 1. The number of carbonyl (C=O) groups is 1. The SMILES string of the molecule is COc1ccccc1NC(=O)CN1CCCC[C@H]1c1ccccn1. The zero-order valence-electron chi connectivity index (χ0n) is 13.9. The number of hydrogen-bond acceptors (Lipinski definition) is 4. The van der Waals surface area contributed by atoms with Gasteiger partial charge >= 0.3 is 0 Å². The molecule has 1 N–H and O–H groups in total. The number of benzene rings is 1. The van der Waals surface area contributed by atoms with Crippen LogP contribution in [0.4, 0.5) is 5.69 Å². The third-order valence-electron chi connectivity index (χ3n) is 4.37. The number of likely N-dealkylation sites (tertiary alicyclic amines) is 1. The molecular formula is C19H23N3O2. The van der Waals surface area contributed by atoms with E-state index in [1.165, 1.54) is 6.42 Å². The van der Waals surface area contributed by atoms with E-state index < -0.39 is 0 Å². The van der Waals surface area contributed by atoms with E-state index in [0.717, 1.165) is 25.1 Å². The summed E-state index contributed by atoms with van der Waals surface area (Å²) in [6, 6.07) is 13.6. The molecule has 2 heterocycles. The lowest BCUT2D eigenvalue weighted by Crippen LogP contribution is -2.39. The molecule has 1 atom stereocenters. The van der Waals surface area contributed by atoms with Crippen molar-refractivity contribution in [3.05, 3.63) is 54.4 Å². The summed E-state index contributed by atoms with van der Waals surface area (Å²) in [6.07, 6.45) is 5.15. The summed E-state index contributed by atoms with van der Waals surface area (Å²) in [4.78, 5) is 19.2. The summed E-state index contributed by atoms with van der Waals surface area (Å²) in [5.41, 5.74) is 1.75. The molecule has 3 rings (SSSR count). The predicted molar refractivity (Wildman–Crippen MR) is 94.0 cm³/mol. The van der Waals surface area contributed by atoms with E-state index in [1.807, 2.05) is 48.7 Å². The van der Waals surface area contributed by atoms with Crippen LogP contribution < -0.4 is 10.1 Å². The van der Waals surface area contributed by atoms with E-state index in [9.17, 15) is 4.79 Å². The third-order valence-corrected chi connectivity index (χ3v) is 4.37. The summed E-state index contributed by atoms with van der Waals surface area (Å²) < 4.78 is 5.29. The van der Waals surface area contributed by atoms with Gasteiger partial charge in [0.2, 0.25) is 5.91 Å². The molecule has 24 heavy (non-hydrogen) atoms. The van der Waals surface area contributed by atoms with Gasteiger partial charge in [0, 0.05) is 6.20 Å². The van der Waals surface area contributed by atoms with E-state index in [1.54, 1.807) is 7.11 Å². The Hall–Kier alpha value is -2.40. The molecule has 1 aromatic carbocycles. The number of aromatic nitrogens is 1. The Morgan fingerprint density at radius 3 is 2.88 bits per heavy atom. The van der Waals surface area contributed by atoms with Crippen molar-refractivity contribution in [2.24, 2.45) is 0 Å². The van der Waals surface area contributed by atoms with E-state index in [0.29, 0.717) is 18.0 Å². The zero-order chi connectivity index (χ0) is 16.8. The van der Waals surface area contributed by atoms with Crippen LogP contribution in [0.5, 0.6) is 5.75 Å². The average Bonchev–Trinajstić information content (AvgIpc) is 2.63. The van der Waals surface area contributed by atoms with Crippen LogP contribution in [-0.4, -0.2) is 36.0 Å². The molecule has 1 saturated heterocycles. The van der Waals surface area contributed by atoms with E-state index in [-0.39, 0.29) is 11.9 Å². The van der Waals surface area contributed by atoms with Crippen molar-refractivity contribution >= 4 is 11.6 Å². The van der Waals surface area contributed by atoms with Gasteiger partial charge in [-0.2, -0.15) is 0 Å². The molecule has 1 amide bonds. The number of methoxy groups -OCH3 is 1. The predicted octanol–water partition coefficient (Wildman–Crippen LogP) is 3.26. The highest BCUT2D eigenvalue weighted by atomic mass is 16.5. The molecule has 126 valence electrons. The largest absolute Gasteiger partial charge is 0.495 e. The number of nitrogens with one attached hydrogen (secondary N) is 1. The van der Waals surface area contributed by atoms with Crippen LogP contribution in [-0.2, 0) is 4.79 Å². The first-order valence-corrected chi connectivity index (χ1v) is 8.36. The van der Waals surface area contributed by atoms with Crippen LogP contribution in [0.2, 0.25) is 0 Å². The molecule has 1 aromatic heterocycles. The highest BCUT2D eigenvalue weighted by molar-refractivity contribution is 5.93. The van der Waals surface area contributed by atoms with E-state index in [4.69, 9.17) is 4.74 Å². The number of carbonyl (C=O) groups excluding carboxylic acids is 1. The Bertz CT molecular complexity index is 675. The highest BCUT2D eigenvalue weighted by Crippen LogP contribution is 2.29. The topological polar surface area (TPSA) is 54.5 Å². The first-order chi connectivity index (χ1) is 11.8. The number of rotatable bonds is 5. The molecular weight excluding hydrogens is 302 g/mol. The molecule has 0 radical (unpaired) electrons. The smallest absolute Gasteiger partial charge is 0.238 e. The van der Waals surface area contributed by atoms with Crippen LogP contribution in [0.15, 0.2) is 48.7 Å². The molecule has 1 aliphatic rings. The number of pyridine rings is 1. The highest BCUT2D eigenvalue weighted by Gasteiger charge is 2.26. The molecule has 0 spiro atoms. The third kappa shape index (κ3) is 3.92. The standard InChI is InChI=1S/C19H23N3O2/c1-24-18-11-3-2-9-16(18)21-19(23)14-22-13-7-5-10-17(22)15-8-4-6-12-20-15/h2-4,6,8-9,11-12,17H,5,7,10,13-14H2,1H3,(H,21,23)/t17-/m0/s1. The second-order valence-electron chi connectivity index (χ2n) is 5.99. The van der Waals surface area contributed by atoms with Gasteiger partial charge in [-0.3, -0.25) is 14.7 Å². The maximum Gasteiger partial charge on any atom is 0.238 e. The number of nitrogens with zero attached hydrogens (tertiary/aromatic N) is 2. The number of hydrogen-bond donors (Lipinski definition) is 1. The zero-order valence-corrected chi connectivity index (χ0v) is 13.9. The Labute approximate surface area is 142 Å². The van der Waals surface area contributed by atoms with E-state index in [2.05, 4.69) is 15.2 Å². The van der Waals surface area contributed by atoms with Crippen LogP contribution in [0.1, 0.15) is 31.0 Å². The molecule has 2 aromatic rings. The molecule has 0 bridgehead atoms. The summed E-state index contributed by atoms with van der Waals surface area (Å²) in [5.74, 6) is 0.646. The summed E-state index contributed by atoms with van der Waals surface area (Å²) >= 11 is 0. The number of para-hydroxylation sites is 2. The lowest BCUT2D eigenvalue weighted by molar-refractivity contribution is -0.118. The minimum absolute atomic E-state index is 0.0256. The number of anilines is 1. The van der Waals surface area contributed by atoms with Crippen LogP contribution in [0.25, 0.3) is 0 Å². The second kappa shape index (κ2) is 7.93. The first kappa shape index (κ1) is 16.5. The quantitative estimate of drug-likeness (QED) is 0.917. The molecule has 0 unspecified atom stereocenters. The van der Waals surface area contributed by atoms with Crippen molar-refractivity contribution in [1.82, 2.24) is 9.88 Å². The van der Waals surface area contributed by atoms with E-state index >= 15 is 0 Å². The fourth-order valence-electron chi connectivity index (χ4n) is 3.21. The molecule has 0 aliphatic carbocycles. The minimum Gasteiger partial charge on any atom is -0.495 e. The van der Waals surface area contributed by atoms with Gasteiger partial charge in [-0.05, 0) is 43.7 Å². The Kier molecular flexibility index (Phi) is 5.43. The van der Waals surface area contributed by atoms with Crippen molar-refractivity contribution in [2.45, 2.75) is 25.3 Å². The van der Waals surface area contributed by atoms with Gasteiger partial charge in [0.25, 0.3) is 0 Å². The van der Waals surface area contributed by atoms with Crippen molar-refractivity contribution in [1.29, 1.82) is 0 Å². The monoisotopic (exact) mass is 325 g/mol. The minimum atomic E-state index is -0.0256. The van der Waals surface area contributed by atoms with Crippen LogP contribution in [0.3, 0.4) is 0 Å². The molecule has 1 aliphatic heterocycles. The fourth-order valence-corrected chi connectivity index (χ4v) is 3.21. The molecule has 5 nitrogen and oxygen atoms in total. The molecule has 5 heteroatoms. The molecule has 1 fully saturated rings. The lowest BCUT2D eigenvalue weighted by Gasteiger charge is -2.34. The first-order valence-electron chi connectivity index (χ1n) is 8.36. The van der Waals surface area contributed by atoms with Gasteiger partial charge in [-0.15, -0.1) is 0 Å². The van der Waals surface area contributed by atoms with Crippen molar-refractivity contribution in [2.75, 3.05) is 25.5 Å². The fraction of sp³-hybridized carbons (Fsp3) is 0.368. The lowest BCUT2D eigenvalue weighted by atomic mass is 9.99. The van der Waals surface area contributed by atoms with Gasteiger partial charge in [0.05, 0.1) is 31.1 Å².